The fourth-order valence-corrected chi connectivity index (χ4v) is 4.78. The summed E-state index contributed by atoms with van der Waals surface area (Å²) in [7, 11) is 0. The molecule has 30 heavy (non-hydrogen) atoms. The van der Waals surface area contributed by atoms with Crippen molar-refractivity contribution in [2.75, 3.05) is 10.7 Å². The summed E-state index contributed by atoms with van der Waals surface area (Å²) in [4.78, 5) is 13.4. The maximum atomic E-state index is 13.4. The number of nitrogens with one attached hydrogen (secondary N) is 2. The van der Waals surface area contributed by atoms with Crippen molar-refractivity contribution in [2.45, 2.75) is 49.6 Å². The predicted octanol–water partition coefficient (Wildman–Crippen LogP) is 4.84. The predicted molar refractivity (Wildman–Crippen MR) is 122 cm³/mol. The van der Waals surface area contributed by atoms with Gasteiger partial charge in [-0.3, -0.25) is 4.79 Å². The van der Waals surface area contributed by atoms with Gasteiger partial charge in [0, 0.05) is 17.1 Å². The molecule has 3 aromatic rings. The Morgan fingerprint density at radius 3 is 2.67 bits per heavy atom. The first-order valence-electron chi connectivity index (χ1n) is 10.1. The number of thioether (sulfide) groups is 1. The highest BCUT2D eigenvalue weighted by Crippen LogP contribution is 2.38. The molecule has 156 valence electrons. The van der Waals surface area contributed by atoms with Crippen molar-refractivity contribution in [3.05, 3.63) is 70.5 Å². The van der Waals surface area contributed by atoms with Gasteiger partial charge in [0.2, 0.25) is 11.1 Å². The van der Waals surface area contributed by atoms with Crippen molar-refractivity contribution < 1.29 is 4.79 Å². The quantitative estimate of drug-likeness (QED) is 0.572. The summed E-state index contributed by atoms with van der Waals surface area (Å²) in [5, 5.41) is 12.7. The number of carbonyl (C=O) groups excluding carboxylic acids is 1. The first-order chi connectivity index (χ1) is 14.6. The maximum Gasteiger partial charge on any atom is 0.240 e. The Kier molecular flexibility index (Phi) is 6.29. The van der Waals surface area contributed by atoms with Crippen molar-refractivity contribution in [2.24, 2.45) is 0 Å². The molecule has 0 fully saturated rings. The molecule has 8 heteroatoms. The van der Waals surface area contributed by atoms with Crippen molar-refractivity contribution in [1.29, 1.82) is 0 Å². The number of aromatic nitrogens is 3. The Labute approximate surface area is 185 Å². The van der Waals surface area contributed by atoms with E-state index in [4.69, 9.17) is 11.6 Å². The van der Waals surface area contributed by atoms with E-state index in [2.05, 4.69) is 34.8 Å². The van der Waals surface area contributed by atoms with Gasteiger partial charge in [-0.2, -0.15) is 0 Å². The molecule has 0 radical (unpaired) electrons. The van der Waals surface area contributed by atoms with Crippen LogP contribution in [0.1, 0.15) is 43.3 Å². The lowest BCUT2D eigenvalue weighted by Crippen LogP contribution is -2.41. The standard InChI is InChI=1S/C22H24ClN5OS/c1-3-7-18-25-26-22-28(18)27-19(15-10-12-16(23)13-11-15)20(30-22)21(29)24-17-9-6-5-8-14(17)4-2/h5-6,8-13,19-20,27H,3-4,7H2,1-2H3,(H,24,29)/t19-,20-/m0/s1. The molecule has 1 aromatic heterocycles. The molecule has 0 saturated carbocycles. The fraction of sp³-hybridized carbons (Fsp3) is 0.318. The number of aryl methyl sites for hydroxylation is 2. The number of benzene rings is 2. The zero-order chi connectivity index (χ0) is 21.1. The molecule has 0 aliphatic carbocycles. The van der Waals surface area contributed by atoms with Crippen LogP contribution in [0.25, 0.3) is 0 Å². The number of hydrogen-bond acceptors (Lipinski definition) is 5. The molecule has 0 bridgehead atoms. The van der Waals surface area contributed by atoms with Crippen molar-refractivity contribution in [3.8, 4) is 0 Å². The zero-order valence-electron chi connectivity index (χ0n) is 16.9. The number of amides is 1. The van der Waals surface area contributed by atoms with Crippen molar-refractivity contribution in [3.63, 3.8) is 0 Å². The molecule has 1 aliphatic rings. The molecule has 2 heterocycles. The Morgan fingerprint density at radius 1 is 1.17 bits per heavy atom. The number of fused-ring (bicyclic) bond motifs is 1. The summed E-state index contributed by atoms with van der Waals surface area (Å²) < 4.78 is 1.91. The normalized spacial score (nSPS) is 17.8. The van der Waals surface area contributed by atoms with E-state index < -0.39 is 5.25 Å². The molecule has 4 rings (SSSR count). The van der Waals surface area contributed by atoms with Gasteiger partial charge in [0.15, 0.2) is 5.82 Å². The Morgan fingerprint density at radius 2 is 1.93 bits per heavy atom. The fourth-order valence-electron chi connectivity index (χ4n) is 3.56. The van der Waals surface area contributed by atoms with Crippen LogP contribution in [0.15, 0.2) is 53.7 Å². The van der Waals surface area contributed by atoms with Crippen LogP contribution in [-0.2, 0) is 17.6 Å². The number of rotatable bonds is 6. The van der Waals surface area contributed by atoms with Gasteiger partial charge >= 0.3 is 0 Å². The lowest BCUT2D eigenvalue weighted by Gasteiger charge is -2.33. The summed E-state index contributed by atoms with van der Waals surface area (Å²) >= 11 is 7.52. The lowest BCUT2D eigenvalue weighted by molar-refractivity contribution is -0.116. The first-order valence-corrected chi connectivity index (χ1v) is 11.4. The molecular formula is C22H24ClN5OS. The molecule has 6 nitrogen and oxygen atoms in total. The van der Waals surface area contributed by atoms with Gasteiger partial charge in [-0.05, 0) is 42.2 Å². The van der Waals surface area contributed by atoms with Crippen LogP contribution in [0, 0.1) is 0 Å². The molecule has 0 saturated heterocycles. The monoisotopic (exact) mass is 441 g/mol. The highest BCUT2D eigenvalue weighted by Gasteiger charge is 2.37. The highest BCUT2D eigenvalue weighted by molar-refractivity contribution is 8.00. The van der Waals surface area contributed by atoms with Crippen LogP contribution in [0.2, 0.25) is 5.02 Å². The molecule has 1 amide bonds. The number of anilines is 1. The third-order valence-electron chi connectivity index (χ3n) is 5.12. The molecule has 0 unspecified atom stereocenters. The average Bonchev–Trinajstić information content (AvgIpc) is 3.16. The highest BCUT2D eigenvalue weighted by atomic mass is 35.5. The van der Waals surface area contributed by atoms with Gasteiger partial charge in [0.1, 0.15) is 5.25 Å². The third kappa shape index (κ3) is 4.18. The summed E-state index contributed by atoms with van der Waals surface area (Å²) in [5.74, 6) is 0.800. The van der Waals surface area contributed by atoms with Gasteiger partial charge in [0.25, 0.3) is 0 Å². The summed E-state index contributed by atoms with van der Waals surface area (Å²) in [5.41, 5.74) is 6.42. The molecule has 2 atom stereocenters. The molecule has 2 aromatic carbocycles. The summed E-state index contributed by atoms with van der Waals surface area (Å²) in [6, 6.07) is 15.2. The first kappa shape index (κ1) is 20.8. The SMILES string of the molecule is CCCc1nnc2n1N[C@@H](c1ccc(Cl)cc1)[C@@H](C(=O)Nc1ccccc1CC)S2. The minimum absolute atomic E-state index is 0.0698. The van der Waals surface area contributed by atoms with Crippen LogP contribution in [-0.4, -0.2) is 26.0 Å². The summed E-state index contributed by atoms with van der Waals surface area (Å²) in [6.07, 6.45) is 2.63. The van der Waals surface area contributed by atoms with Crippen LogP contribution < -0.4 is 10.7 Å². The van der Waals surface area contributed by atoms with E-state index >= 15 is 0 Å². The molecule has 2 N–H and O–H groups in total. The molecular weight excluding hydrogens is 418 g/mol. The largest absolute Gasteiger partial charge is 0.325 e. The second-order valence-electron chi connectivity index (χ2n) is 7.18. The van der Waals surface area contributed by atoms with Crippen LogP contribution in [0.5, 0.6) is 0 Å². The van der Waals surface area contributed by atoms with Crippen LogP contribution in [0.4, 0.5) is 5.69 Å². The molecule has 1 aliphatic heterocycles. The number of para-hydroxylation sites is 1. The number of carbonyl (C=O) groups is 1. The molecule has 0 spiro atoms. The van der Waals surface area contributed by atoms with Gasteiger partial charge < -0.3 is 10.7 Å². The smallest absolute Gasteiger partial charge is 0.240 e. The zero-order valence-corrected chi connectivity index (χ0v) is 18.5. The maximum absolute atomic E-state index is 13.4. The van der Waals surface area contributed by atoms with Gasteiger partial charge in [-0.25, -0.2) is 4.68 Å². The third-order valence-corrected chi connectivity index (χ3v) is 6.59. The number of hydrogen-bond donors (Lipinski definition) is 2. The minimum Gasteiger partial charge on any atom is -0.325 e. The topological polar surface area (TPSA) is 71.8 Å². The van der Waals surface area contributed by atoms with Crippen molar-refractivity contribution in [1.82, 2.24) is 14.9 Å². The minimum atomic E-state index is -0.415. The van der Waals surface area contributed by atoms with E-state index in [1.807, 2.05) is 53.2 Å². The second-order valence-corrected chi connectivity index (χ2v) is 8.73. The van der Waals surface area contributed by atoms with E-state index in [0.29, 0.717) is 10.2 Å². The lowest BCUT2D eigenvalue weighted by atomic mass is 10.0. The Bertz CT molecular complexity index is 1040. The van der Waals surface area contributed by atoms with E-state index in [1.165, 1.54) is 11.8 Å². The Hall–Kier alpha value is -2.51. The van der Waals surface area contributed by atoms with Gasteiger partial charge in [0.05, 0.1) is 6.04 Å². The van der Waals surface area contributed by atoms with Crippen LogP contribution in [0.3, 0.4) is 0 Å². The van der Waals surface area contributed by atoms with Crippen LogP contribution >= 0.6 is 23.4 Å². The van der Waals surface area contributed by atoms with E-state index in [9.17, 15) is 4.79 Å². The van der Waals surface area contributed by atoms with E-state index in [1.54, 1.807) is 0 Å². The van der Waals surface area contributed by atoms with Crippen molar-refractivity contribution >= 4 is 35.0 Å². The Balaban J connectivity index is 1.67. The van der Waals surface area contributed by atoms with E-state index in [-0.39, 0.29) is 11.9 Å². The van der Waals surface area contributed by atoms with Gasteiger partial charge in [-0.1, -0.05) is 67.5 Å². The average molecular weight is 442 g/mol. The van der Waals surface area contributed by atoms with E-state index in [0.717, 1.165) is 41.9 Å². The number of nitrogens with zero attached hydrogens (tertiary/aromatic N) is 3. The second kappa shape index (κ2) is 9.10. The summed E-state index contributed by atoms with van der Waals surface area (Å²) in [6.45, 7) is 4.19. The van der Waals surface area contributed by atoms with Gasteiger partial charge in [-0.15, -0.1) is 10.2 Å². The number of halogens is 1.